The number of hydrogen-bond acceptors (Lipinski definition) is 5. The number of hydrogen-bond donors (Lipinski definition) is 0. The molecule has 30 heavy (non-hydrogen) atoms. The van der Waals surface area contributed by atoms with Crippen molar-refractivity contribution in [2.45, 2.75) is 36.5 Å². The van der Waals surface area contributed by atoms with E-state index in [0.717, 1.165) is 16.7 Å². The maximum atomic E-state index is 12.9. The molecule has 0 aliphatic rings. The largest absolute Gasteiger partial charge is 0.294 e. The van der Waals surface area contributed by atoms with Gasteiger partial charge < -0.3 is 0 Å². The Hall–Kier alpha value is -3.32. The van der Waals surface area contributed by atoms with Gasteiger partial charge in [0, 0.05) is 31.2 Å². The molecule has 2 heterocycles. The fourth-order valence-corrected chi connectivity index (χ4v) is 4.90. The third-order valence-electron chi connectivity index (χ3n) is 5.06. The average Bonchev–Trinajstić information content (AvgIpc) is 3.20. The molecule has 0 aliphatic heterocycles. The Morgan fingerprint density at radius 2 is 1.80 bits per heavy atom. The molecule has 0 aliphatic carbocycles. The smallest absolute Gasteiger partial charge is 0.233 e. The van der Waals surface area contributed by atoms with E-state index in [0.29, 0.717) is 29.1 Å². The molecule has 4 rings (SSSR count). The van der Waals surface area contributed by atoms with Crippen LogP contribution in [0, 0.1) is 13.8 Å². The van der Waals surface area contributed by atoms with Crippen molar-refractivity contribution in [1.29, 1.82) is 0 Å². The first-order valence-electron chi connectivity index (χ1n) is 9.58. The zero-order chi connectivity index (χ0) is 21.3. The van der Waals surface area contributed by atoms with E-state index in [9.17, 15) is 13.2 Å². The number of nitrogens with zero attached hydrogens (tertiary/aromatic N) is 3. The number of rotatable bonds is 6. The Labute approximate surface area is 175 Å². The molecule has 0 bridgehead atoms. The molecule has 0 fully saturated rings. The first-order valence-corrected chi connectivity index (χ1v) is 11.1. The average molecular weight is 420 g/mol. The van der Waals surface area contributed by atoms with Crippen LogP contribution >= 0.6 is 0 Å². The van der Waals surface area contributed by atoms with Crippen LogP contribution in [0.5, 0.6) is 0 Å². The van der Waals surface area contributed by atoms with Gasteiger partial charge in [-0.2, -0.15) is 0 Å². The monoisotopic (exact) mass is 419 g/mol. The normalized spacial score (nSPS) is 11.7. The summed E-state index contributed by atoms with van der Waals surface area (Å²) in [5.74, 6) is 0.525. The number of carbonyl (C=O) groups excluding carboxylic acids is 1. The number of benzene rings is 2. The number of aryl methyl sites for hydroxylation is 3. The van der Waals surface area contributed by atoms with Crippen LogP contribution in [-0.4, -0.2) is 28.6 Å². The number of imidazole rings is 1. The van der Waals surface area contributed by atoms with E-state index in [1.54, 1.807) is 66.3 Å². The van der Waals surface area contributed by atoms with Crippen LogP contribution in [-0.2, 0) is 16.3 Å². The first-order chi connectivity index (χ1) is 14.3. The summed E-state index contributed by atoms with van der Waals surface area (Å²) in [6.45, 7) is 3.74. The second-order valence-corrected chi connectivity index (χ2v) is 9.23. The lowest BCUT2D eigenvalue weighted by molar-refractivity contribution is 0.0982. The molecule has 0 N–H and O–H groups in total. The highest BCUT2D eigenvalue weighted by molar-refractivity contribution is 7.91. The van der Waals surface area contributed by atoms with Gasteiger partial charge in [0.25, 0.3) is 0 Å². The molecule has 6 nitrogen and oxygen atoms in total. The summed E-state index contributed by atoms with van der Waals surface area (Å²) >= 11 is 0. The maximum Gasteiger partial charge on any atom is 0.233 e. The summed E-state index contributed by atoms with van der Waals surface area (Å²) in [5.41, 5.74) is 3.18. The van der Waals surface area contributed by atoms with Crippen LogP contribution in [0.1, 0.15) is 33.5 Å². The quantitative estimate of drug-likeness (QED) is 0.441. The predicted octanol–water partition coefficient (Wildman–Crippen LogP) is 3.99. The molecule has 0 saturated heterocycles. The summed E-state index contributed by atoms with van der Waals surface area (Å²) in [6, 6.07) is 12.1. The molecule has 2 aromatic carbocycles. The van der Waals surface area contributed by atoms with E-state index >= 15 is 0 Å². The van der Waals surface area contributed by atoms with Gasteiger partial charge in [0.2, 0.25) is 15.6 Å². The van der Waals surface area contributed by atoms with Crippen molar-refractivity contribution in [3.8, 4) is 0 Å². The zero-order valence-corrected chi connectivity index (χ0v) is 17.6. The molecule has 0 radical (unpaired) electrons. The molecular formula is C23H21N3O3S. The van der Waals surface area contributed by atoms with Crippen LogP contribution in [0.15, 0.2) is 77.0 Å². The van der Waals surface area contributed by atoms with Gasteiger partial charge in [0.15, 0.2) is 5.78 Å². The van der Waals surface area contributed by atoms with Crippen LogP contribution in [0.25, 0.3) is 5.78 Å². The molecule has 152 valence electrons. The van der Waals surface area contributed by atoms with Crippen molar-refractivity contribution >= 4 is 21.4 Å². The third-order valence-corrected chi connectivity index (χ3v) is 6.99. The van der Waals surface area contributed by atoms with Gasteiger partial charge in [0.1, 0.15) is 0 Å². The Bertz CT molecular complexity index is 1340. The van der Waals surface area contributed by atoms with E-state index in [2.05, 4.69) is 9.97 Å². The topological polar surface area (TPSA) is 81.4 Å². The Morgan fingerprint density at radius 1 is 1.03 bits per heavy atom. The van der Waals surface area contributed by atoms with Crippen molar-refractivity contribution in [2.24, 2.45) is 0 Å². The van der Waals surface area contributed by atoms with Crippen molar-refractivity contribution < 1.29 is 13.2 Å². The lowest BCUT2D eigenvalue weighted by atomic mass is 10.0. The van der Waals surface area contributed by atoms with Crippen LogP contribution in [0.2, 0.25) is 0 Å². The number of ketones is 1. The minimum atomic E-state index is -3.58. The molecule has 2 aromatic heterocycles. The third kappa shape index (κ3) is 3.89. The molecule has 0 atom stereocenters. The lowest BCUT2D eigenvalue weighted by Gasteiger charge is -2.09. The van der Waals surface area contributed by atoms with Gasteiger partial charge in [-0.1, -0.05) is 29.8 Å². The van der Waals surface area contributed by atoms with Gasteiger partial charge in [-0.25, -0.2) is 18.4 Å². The standard InChI is InChI=1S/C23H21N3O3S/c1-16-3-10-22(17(2)13-16)30(28,29)20-7-4-18(5-8-20)6-9-21(27)19-14-25-23-24-11-12-26(23)15-19/h3-5,7-8,10-15H,6,9H2,1-2H3. The number of carbonyl (C=O) groups is 1. The highest BCUT2D eigenvalue weighted by Crippen LogP contribution is 2.25. The zero-order valence-electron chi connectivity index (χ0n) is 16.7. The van der Waals surface area contributed by atoms with E-state index in [1.807, 2.05) is 13.0 Å². The molecule has 4 aromatic rings. The fraction of sp³-hybridized carbons (Fsp3) is 0.174. The van der Waals surface area contributed by atoms with Gasteiger partial charge >= 0.3 is 0 Å². The van der Waals surface area contributed by atoms with Crippen LogP contribution in [0.4, 0.5) is 0 Å². The van der Waals surface area contributed by atoms with Crippen molar-refractivity contribution in [1.82, 2.24) is 14.4 Å². The van der Waals surface area contributed by atoms with E-state index < -0.39 is 9.84 Å². The fourth-order valence-electron chi connectivity index (χ4n) is 3.43. The second-order valence-electron chi connectivity index (χ2n) is 7.32. The number of fused-ring (bicyclic) bond motifs is 1. The lowest BCUT2D eigenvalue weighted by Crippen LogP contribution is -2.06. The number of Topliss-reactive ketones (excluding diaryl/α,β-unsaturated/α-hetero) is 1. The van der Waals surface area contributed by atoms with Gasteiger partial charge in [0.05, 0.1) is 15.4 Å². The van der Waals surface area contributed by atoms with E-state index in [4.69, 9.17) is 0 Å². The Kier molecular flexibility index (Phi) is 5.22. The maximum absolute atomic E-state index is 12.9. The van der Waals surface area contributed by atoms with Crippen LogP contribution in [0.3, 0.4) is 0 Å². The highest BCUT2D eigenvalue weighted by atomic mass is 32.2. The predicted molar refractivity (Wildman–Crippen MR) is 113 cm³/mol. The van der Waals surface area contributed by atoms with Crippen LogP contribution < -0.4 is 0 Å². The highest BCUT2D eigenvalue weighted by Gasteiger charge is 2.19. The van der Waals surface area contributed by atoms with Gasteiger partial charge in [-0.3, -0.25) is 9.20 Å². The molecule has 0 saturated carbocycles. The summed E-state index contributed by atoms with van der Waals surface area (Å²) in [5, 5.41) is 0. The molecule has 7 heteroatoms. The Morgan fingerprint density at radius 3 is 2.53 bits per heavy atom. The van der Waals surface area contributed by atoms with Gasteiger partial charge in [-0.05, 0) is 49.6 Å². The molecule has 0 unspecified atom stereocenters. The second kappa shape index (κ2) is 7.84. The molecular weight excluding hydrogens is 398 g/mol. The first kappa shape index (κ1) is 20.0. The Balaban J connectivity index is 1.47. The number of sulfone groups is 1. The SMILES string of the molecule is Cc1ccc(S(=O)(=O)c2ccc(CCC(=O)c3cnc4nccn4c3)cc2)c(C)c1. The van der Waals surface area contributed by atoms with E-state index in [1.165, 1.54) is 6.20 Å². The molecule has 0 amide bonds. The van der Waals surface area contributed by atoms with Gasteiger partial charge in [-0.15, -0.1) is 0 Å². The summed E-state index contributed by atoms with van der Waals surface area (Å²) in [7, 11) is -3.58. The van der Waals surface area contributed by atoms with Crippen molar-refractivity contribution in [3.05, 3.63) is 89.5 Å². The molecule has 0 spiro atoms. The van der Waals surface area contributed by atoms with Crippen molar-refractivity contribution in [2.75, 3.05) is 0 Å². The summed E-state index contributed by atoms with van der Waals surface area (Å²) in [6.07, 6.45) is 7.45. The minimum Gasteiger partial charge on any atom is -0.294 e. The van der Waals surface area contributed by atoms with E-state index in [-0.39, 0.29) is 10.7 Å². The summed E-state index contributed by atoms with van der Waals surface area (Å²) < 4.78 is 27.6. The summed E-state index contributed by atoms with van der Waals surface area (Å²) in [4.78, 5) is 21.3. The number of aromatic nitrogens is 3. The minimum absolute atomic E-state index is 0.0231. The van der Waals surface area contributed by atoms with Crippen molar-refractivity contribution in [3.63, 3.8) is 0 Å².